The van der Waals surface area contributed by atoms with Crippen molar-refractivity contribution in [1.82, 2.24) is 14.9 Å². The molecular weight excluding hydrogens is 257 g/mol. The predicted molar refractivity (Wildman–Crippen MR) is 73.5 cm³/mol. The number of hydrogen-bond acceptors (Lipinski definition) is 4. The summed E-state index contributed by atoms with van der Waals surface area (Å²) < 4.78 is 18.2. The zero-order chi connectivity index (χ0) is 13.8. The first-order valence-electron chi connectivity index (χ1n) is 6.68. The van der Waals surface area contributed by atoms with Crippen LogP contribution in [-0.2, 0) is 11.3 Å². The highest BCUT2D eigenvalue weighted by Crippen LogP contribution is 2.17. The average Bonchev–Trinajstić information content (AvgIpc) is 2.49. The molecule has 0 atom stereocenters. The van der Waals surface area contributed by atoms with E-state index < -0.39 is 5.82 Å². The van der Waals surface area contributed by atoms with Gasteiger partial charge in [0.15, 0.2) is 11.6 Å². The van der Waals surface area contributed by atoms with Crippen molar-refractivity contribution in [2.75, 3.05) is 26.3 Å². The van der Waals surface area contributed by atoms with E-state index in [4.69, 9.17) is 4.74 Å². The molecule has 1 aliphatic heterocycles. The second kappa shape index (κ2) is 6.07. The van der Waals surface area contributed by atoms with Crippen molar-refractivity contribution in [2.24, 2.45) is 0 Å². The second-order valence-electron chi connectivity index (χ2n) is 4.81. The quantitative estimate of drug-likeness (QED) is 0.858. The van der Waals surface area contributed by atoms with Gasteiger partial charge in [0.1, 0.15) is 0 Å². The minimum atomic E-state index is -0.418. The molecule has 2 aromatic rings. The van der Waals surface area contributed by atoms with Crippen LogP contribution in [-0.4, -0.2) is 41.2 Å². The molecule has 4 nitrogen and oxygen atoms in total. The molecule has 0 N–H and O–H groups in total. The predicted octanol–water partition coefficient (Wildman–Crippen LogP) is 2.11. The summed E-state index contributed by atoms with van der Waals surface area (Å²) in [6, 6.07) is 8.07. The Hall–Kier alpha value is -1.85. The van der Waals surface area contributed by atoms with E-state index in [1.807, 2.05) is 12.1 Å². The summed E-state index contributed by atoms with van der Waals surface area (Å²) in [7, 11) is 0. The van der Waals surface area contributed by atoms with E-state index in [1.165, 1.54) is 18.0 Å². The smallest absolute Gasteiger partial charge is 0.159 e. The van der Waals surface area contributed by atoms with Gasteiger partial charge >= 0.3 is 0 Å². The number of benzene rings is 1. The first kappa shape index (κ1) is 13.1. The minimum Gasteiger partial charge on any atom is -0.379 e. The summed E-state index contributed by atoms with van der Waals surface area (Å²) in [5.74, 6) is 0.133. The Morgan fingerprint density at radius 3 is 2.65 bits per heavy atom. The fourth-order valence-corrected chi connectivity index (χ4v) is 2.29. The van der Waals surface area contributed by atoms with E-state index in [1.54, 1.807) is 0 Å². The van der Waals surface area contributed by atoms with Crippen LogP contribution in [0, 0.1) is 5.82 Å². The number of morpholine rings is 1. The van der Waals surface area contributed by atoms with Crippen LogP contribution < -0.4 is 0 Å². The number of ether oxygens (including phenoxy) is 1. The van der Waals surface area contributed by atoms with Crippen LogP contribution in [0.2, 0.25) is 0 Å². The molecule has 2 heterocycles. The summed E-state index contributed by atoms with van der Waals surface area (Å²) in [6.45, 7) is 4.38. The van der Waals surface area contributed by atoms with Crippen molar-refractivity contribution in [2.45, 2.75) is 6.54 Å². The maximum Gasteiger partial charge on any atom is 0.159 e. The molecule has 104 valence electrons. The molecule has 0 spiro atoms. The highest BCUT2D eigenvalue weighted by atomic mass is 19.1. The molecule has 20 heavy (non-hydrogen) atoms. The third-order valence-electron chi connectivity index (χ3n) is 3.32. The molecule has 0 aliphatic carbocycles. The number of hydrogen-bond donors (Lipinski definition) is 0. The summed E-state index contributed by atoms with van der Waals surface area (Å²) >= 11 is 0. The minimum absolute atomic E-state index is 0.418. The Balaban J connectivity index is 1.76. The number of nitrogens with zero attached hydrogens (tertiary/aromatic N) is 3. The number of aromatic nitrogens is 2. The van der Waals surface area contributed by atoms with Crippen LogP contribution in [0.4, 0.5) is 4.39 Å². The largest absolute Gasteiger partial charge is 0.379 e. The van der Waals surface area contributed by atoms with Gasteiger partial charge in [0, 0.05) is 25.2 Å². The van der Waals surface area contributed by atoms with E-state index in [0.717, 1.165) is 38.4 Å². The highest BCUT2D eigenvalue weighted by molar-refractivity contribution is 5.55. The van der Waals surface area contributed by atoms with E-state index in [2.05, 4.69) is 27.0 Å². The molecule has 5 heteroatoms. The molecule has 1 aromatic heterocycles. The Labute approximate surface area is 117 Å². The lowest BCUT2D eigenvalue weighted by Crippen LogP contribution is -2.35. The van der Waals surface area contributed by atoms with Crippen LogP contribution in [0.5, 0.6) is 0 Å². The highest BCUT2D eigenvalue weighted by Gasteiger charge is 2.11. The third-order valence-corrected chi connectivity index (χ3v) is 3.32. The summed E-state index contributed by atoms with van der Waals surface area (Å²) in [5, 5.41) is 0. The molecule has 1 aliphatic rings. The lowest BCUT2D eigenvalue weighted by molar-refractivity contribution is 0.0342. The monoisotopic (exact) mass is 273 g/mol. The zero-order valence-corrected chi connectivity index (χ0v) is 11.1. The van der Waals surface area contributed by atoms with Gasteiger partial charge in [-0.3, -0.25) is 4.90 Å². The molecule has 0 unspecified atom stereocenters. The Kier molecular flexibility index (Phi) is 3.99. The maximum absolute atomic E-state index is 12.8. The molecule has 1 saturated heterocycles. The van der Waals surface area contributed by atoms with Gasteiger partial charge in [-0.05, 0) is 11.6 Å². The lowest BCUT2D eigenvalue weighted by Gasteiger charge is -2.26. The van der Waals surface area contributed by atoms with Crippen LogP contribution in [0.1, 0.15) is 5.56 Å². The van der Waals surface area contributed by atoms with Gasteiger partial charge in [0.2, 0.25) is 0 Å². The lowest BCUT2D eigenvalue weighted by atomic mass is 10.1. The van der Waals surface area contributed by atoms with Gasteiger partial charge in [0.05, 0.1) is 25.6 Å². The summed E-state index contributed by atoms with van der Waals surface area (Å²) in [6.07, 6.45) is 2.38. The average molecular weight is 273 g/mol. The van der Waals surface area contributed by atoms with E-state index in [-0.39, 0.29) is 0 Å². The molecule has 0 radical (unpaired) electrons. The third kappa shape index (κ3) is 3.18. The fourth-order valence-electron chi connectivity index (χ4n) is 2.29. The molecule has 0 saturated carbocycles. The van der Waals surface area contributed by atoms with Crippen molar-refractivity contribution in [1.29, 1.82) is 0 Å². The fraction of sp³-hybridized carbons (Fsp3) is 0.333. The van der Waals surface area contributed by atoms with Crippen molar-refractivity contribution >= 4 is 0 Å². The standard InChI is InChI=1S/C15H16FN3O/c16-14-9-17-15(18-10-14)13-3-1-2-12(8-13)11-19-4-6-20-7-5-19/h1-3,8-10H,4-7,11H2. The van der Waals surface area contributed by atoms with Crippen molar-refractivity contribution < 1.29 is 9.13 Å². The van der Waals surface area contributed by atoms with Crippen molar-refractivity contribution in [3.63, 3.8) is 0 Å². The van der Waals surface area contributed by atoms with Crippen LogP contribution in [0.3, 0.4) is 0 Å². The SMILES string of the molecule is Fc1cnc(-c2cccc(CN3CCOCC3)c2)nc1. The van der Waals surface area contributed by atoms with E-state index in [9.17, 15) is 4.39 Å². The Morgan fingerprint density at radius 2 is 1.90 bits per heavy atom. The van der Waals surface area contributed by atoms with Gasteiger partial charge < -0.3 is 4.74 Å². The normalized spacial score (nSPS) is 16.2. The second-order valence-corrected chi connectivity index (χ2v) is 4.81. The van der Waals surface area contributed by atoms with Crippen LogP contribution in [0.25, 0.3) is 11.4 Å². The Morgan fingerprint density at radius 1 is 1.15 bits per heavy atom. The van der Waals surface area contributed by atoms with Crippen molar-refractivity contribution in [3.05, 3.63) is 48.0 Å². The van der Waals surface area contributed by atoms with Gasteiger partial charge in [-0.2, -0.15) is 0 Å². The van der Waals surface area contributed by atoms with Crippen LogP contribution in [0.15, 0.2) is 36.7 Å². The van der Waals surface area contributed by atoms with Gasteiger partial charge in [-0.15, -0.1) is 0 Å². The topological polar surface area (TPSA) is 38.2 Å². The van der Waals surface area contributed by atoms with Gasteiger partial charge in [-0.1, -0.05) is 18.2 Å². The van der Waals surface area contributed by atoms with Gasteiger partial charge in [0.25, 0.3) is 0 Å². The number of halogens is 1. The van der Waals surface area contributed by atoms with Gasteiger partial charge in [-0.25, -0.2) is 14.4 Å². The molecule has 1 fully saturated rings. The molecule has 0 amide bonds. The van der Waals surface area contributed by atoms with Crippen LogP contribution >= 0.6 is 0 Å². The zero-order valence-electron chi connectivity index (χ0n) is 11.1. The molecule has 0 bridgehead atoms. The van der Waals surface area contributed by atoms with E-state index >= 15 is 0 Å². The van der Waals surface area contributed by atoms with E-state index in [0.29, 0.717) is 5.82 Å². The first-order valence-corrected chi connectivity index (χ1v) is 6.68. The Bertz CT molecular complexity index is 568. The molecule has 3 rings (SSSR count). The summed E-state index contributed by atoms with van der Waals surface area (Å²) in [4.78, 5) is 10.4. The first-order chi connectivity index (χ1) is 9.81. The molecule has 1 aromatic carbocycles. The number of rotatable bonds is 3. The molecular formula is C15H16FN3O. The summed E-state index contributed by atoms with van der Waals surface area (Å²) in [5.41, 5.74) is 2.12. The van der Waals surface area contributed by atoms with Crippen molar-refractivity contribution in [3.8, 4) is 11.4 Å². The maximum atomic E-state index is 12.8.